The van der Waals surface area contributed by atoms with Crippen LogP contribution < -0.4 is 15.3 Å². The SMILES string of the molecule is C=CCNS(=O)(=O)c1ccc2c(c1)=CC(=O)N=2. The Labute approximate surface area is 98.2 Å². The summed E-state index contributed by atoms with van der Waals surface area (Å²) in [6, 6.07) is 4.36. The molecule has 1 aromatic carbocycles. The Kier molecular flexibility index (Phi) is 2.91. The summed E-state index contributed by atoms with van der Waals surface area (Å²) in [7, 11) is -3.56. The lowest BCUT2D eigenvalue weighted by Crippen LogP contribution is -2.28. The van der Waals surface area contributed by atoms with Crippen LogP contribution in [0.4, 0.5) is 0 Å². The predicted octanol–water partition coefficient (Wildman–Crippen LogP) is -0.909. The zero-order chi connectivity index (χ0) is 12.5. The molecule has 17 heavy (non-hydrogen) atoms. The molecule has 88 valence electrons. The van der Waals surface area contributed by atoms with Crippen LogP contribution in [0.15, 0.2) is 40.7 Å². The molecular weight excluding hydrogens is 240 g/mol. The van der Waals surface area contributed by atoms with Crippen LogP contribution >= 0.6 is 0 Å². The molecule has 0 aromatic heterocycles. The highest BCUT2D eigenvalue weighted by atomic mass is 32.2. The van der Waals surface area contributed by atoms with E-state index < -0.39 is 10.0 Å². The molecule has 6 heteroatoms. The number of hydrogen-bond acceptors (Lipinski definition) is 3. The summed E-state index contributed by atoms with van der Waals surface area (Å²) >= 11 is 0. The van der Waals surface area contributed by atoms with E-state index in [2.05, 4.69) is 16.3 Å². The fraction of sp³-hybridized carbons (Fsp3) is 0.0909. The lowest BCUT2D eigenvalue weighted by atomic mass is 10.3. The zero-order valence-electron chi connectivity index (χ0n) is 8.88. The van der Waals surface area contributed by atoms with E-state index in [0.717, 1.165) is 0 Å². The molecule has 0 bridgehead atoms. The van der Waals surface area contributed by atoms with Crippen molar-refractivity contribution < 1.29 is 13.2 Å². The van der Waals surface area contributed by atoms with E-state index in [9.17, 15) is 13.2 Å². The van der Waals surface area contributed by atoms with E-state index in [1.807, 2.05) is 0 Å². The maximum atomic E-state index is 11.8. The number of sulfonamides is 1. The van der Waals surface area contributed by atoms with E-state index in [1.165, 1.54) is 30.4 Å². The van der Waals surface area contributed by atoms with E-state index in [-0.39, 0.29) is 17.3 Å². The second kappa shape index (κ2) is 4.23. The number of carbonyl (C=O) groups is 1. The third-order valence-electron chi connectivity index (χ3n) is 2.24. The van der Waals surface area contributed by atoms with Crippen LogP contribution in [0.3, 0.4) is 0 Å². The summed E-state index contributed by atoms with van der Waals surface area (Å²) in [5.41, 5.74) is 0. The minimum atomic E-state index is -3.56. The number of amides is 1. The highest BCUT2D eigenvalue weighted by Gasteiger charge is 2.14. The van der Waals surface area contributed by atoms with Crippen molar-refractivity contribution in [1.82, 2.24) is 4.72 Å². The molecule has 1 aromatic rings. The molecule has 1 aliphatic heterocycles. The molecule has 2 rings (SSSR count). The van der Waals surface area contributed by atoms with Crippen molar-refractivity contribution >= 4 is 22.0 Å². The van der Waals surface area contributed by atoms with Crippen LogP contribution in [-0.4, -0.2) is 20.9 Å². The van der Waals surface area contributed by atoms with Gasteiger partial charge in [0.25, 0.3) is 5.91 Å². The Bertz CT molecular complexity index is 705. The third kappa shape index (κ3) is 2.32. The topological polar surface area (TPSA) is 75.6 Å². The van der Waals surface area contributed by atoms with Gasteiger partial charge in [-0.25, -0.2) is 18.1 Å². The van der Waals surface area contributed by atoms with Gasteiger partial charge in [-0.1, -0.05) is 6.08 Å². The lowest BCUT2D eigenvalue weighted by molar-refractivity contribution is -0.112. The molecule has 0 radical (unpaired) electrons. The molecule has 1 heterocycles. The maximum Gasteiger partial charge on any atom is 0.270 e. The van der Waals surface area contributed by atoms with Gasteiger partial charge in [0, 0.05) is 17.8 Å². The summed E-state index contributed by atoms with van der Waals surface area (Å²) in [6.45, 7) is 3.59. The standard InChI is InChI=1S/C11H10N2O3S/c1-2-5-12-17(15,16)9-3-4-10-8(6-9)7-11(14)13-10/h2-4,6-7,12H,1,5H2. The van der Waals surface area contributed by atoms with Gasteiger partial charge in [0.15, 0.2) is 0 Å². The Hall–Kier alpha value is -1.79. The second-order valence-corrected chi connectivity index (χ2v) is 5.22. The van der Waals surface area contributed by atoms with Gasteiger partial charge in [-0.05, 0) is 18.2 Å². The number of carbonyl (C=O) groups excluding carboxylic acids is 1. The van der Waals surface area contributed by atoms with Crippen LogP contribution in [0.1, 0.15) is 0 Å². The molecule has 0 spiro atoms. The van der Waals surface area contributed by atoms with Crippen molar-refractivity contribution in [2.45, 2.75) is 4.90 Å². The van der Waals surface area contributed by atoms with E-state index in [4.69, 9.17) is 0 Å². The Morgan fingerprint density at radius 3 is 2.88 bits per heavy atom. The third-order valence-corrected chi connectivity index (χ3v) is 3.66. The highest BCUT2D eigenvalue weighted by molar-refractivity contribution is 7.89. The largest absolute Gasteiger partial charge is 0.270 e. The molecule has 0 saturated heterocycles. The van der Waals surface area contributed by atoms with Crippen molar-refractivity contribution in [2.75, 3.05) is 6.54 Å². The number of benzene rings is 1. The molecule has 5 nitrogen and oxygen atoms in total. The van der Waals surface area contributed by atoms with Crippen LogP contribution in [-0.2, 0) is 14.8 Å². The molecule has 0 unspecified atom stereocenters. The van der Waals surface area contributed by atoms with Crippen molar-refractivity contribution in [3.8, 4) is 0 Å². The van der Waals surface area contributed by atoms with Gasteiger partial charge in [0.05, 0.1) is 10.3 Å². The Morgan fingerprint density at radius 2 is 2.18 bits per heavy atom. The van der Waals surface area contributed by atoms with Crippen molar-refractivity contribution in [3.63, 3.8) is 0 Å². The van der Waals surface area contributed by atoms with Gasteiger partial charge >= 0.3 is 0 Å². The average Bonchev–Trinajstić information content (AvgIpc) is 2.65. The predicted molar refractivity (Wildman–Crippen MR) is 62.1 cm³/mol. The summed E-state index contributed by atoms with van der Waals surface area (Å²) in [6.07, 6.45) is 2.76. The fourth-order valence-corrected chi connectivity index (χ4v) is 2.49. The number of nitrogens with one attached hydrogen (secondary N) is 1. The molecule has 0 atom stereocenters. The molecule has 0 fully saturated rings. The van der Waals surface area contributed by atoms with E-state index in [0.29, 0.717) is 10.6 Å². The van der Waals surface area contributed by atoms with Gasteiger partial charge < -0.3 is 0 Å². The first-order chi connectivity index (χ1) is 8.03. The van der Waals surface area contributed by atoms with Crippen LogP contribution in [0.2, 0.25) is 0 Å². The van der Waals surface area contributed by atoms with Crippen molar-refractivity contribution in [3.05, 3.63) is 41.4 Å². The number of fused-ring (bicyclic) bond motifs is 1. The summed E-state index contributed by atoms with van der Waals surface area (Å²) in [5.74, 6) is -0.367. The first-order valence-electron chi connectivity index (χ1n) is 4.88. The van der Waals surface area contributed by atoms with E-state index in [1.54, 1.807) is 0 Å². The zero-order valence-corrected chi connectivity index (χ0v) is 9.70. The average molecular weight is 250 g/mol. The molecule has 0 aliphatic carbocycles. The highest BCUT2D eigenvalue weighted by Crippen LogP contribution is 2.03. The monoisotopic (exact) mass is 250 g/mol. The normalized spacial score (nSPS) is 13.8. The summed E-state index contributed by atoms with van der Waals surface area (Å²) < 4.78 is 25.9. The fourth-order valence-electron chi connectivity index (χ4n) is 1.45. The second-order valence-electron chi connectivity index (χ2n) is 3.46. The van der Waals surface area contributed by atoms with Crippen molar-refractivity contribution in [1.29, 1.82) is 0 Å². The molecule has 1 N–H and O–H groups in total. The lowest BCUT2D eigenvalue weighted by Gasteiger charge is -2.03. The summed E-state index contributed by atoms with van der Waals surface area (Å²) in [4.78, 5) is 14.9. The number of nitrogens with zero attached hydrogens (tertiary/aromatic N) is 1. The van der Waals surface area contributed by atoms with Gasteiger partial charge in [-0.3, -0.25) is 4.79 Å². The smallest absolute Gasteiger partial charge is 0.267 e. The van der Waals surface area contributed by atoms with Crippen molar-refractivity contribution in [2.24, 2.45) is 4.99 Å². The van der Waals surface area contributed by atoms with Crippen LogP contribution in [0.25, 0.3) is 6.08 Å². The van der Waals surface area contributed by atoms with E-state index >= 15 is 0 Å². The minimum Gasteiger partial charge on any atom is -0.267 e. The van der Waals surface area contributed by atoms with Gasteiger partial charge in [0.1, 0.15) is 0 Å². The van der Waals surface area contributed by atoms with Gasteiger partial charge in [0.2, 0.25) is 10.0 Å². The number of hydrogen-bond donors (Lipinski definition) is 1. The Balaban J connectivity index is 2.48. The molecular formula is C11H10N2O3S. The minimum absolute atomic E-state index is 0.110. The number of rotatable bonds is 4. The molecule has 1 aliphatic rings. The maximum absolute atomic E-state index is 11.8. The van der Waals surface area contributed by atoms with Crippen LogP contribution in [0.5, 0.6) is 0 Å². The quantitative estimate of drug-likeness (QED) is 0.703. The molecule has 0 saturated carbocycles. The first kappa shape index (κ1) is 11.7. The van der Waals surface area contributed by atoms with Gasteiger partial charge in [-0.15, -0.1) is 6.58 Å². The Morgan fingerprint density at radius 1 is 1.41 bits per heavy atom. The molecule has 1 amide bonds. The van der Waals surface area contributed by atoms with Gasteiger partial charge in [-0.2, -0.15) is 0 Å². The summed E-state index contributed by atoms with van der Waals surface area (Å²) in [5, 5.41) is 1.02. The van der Waals surface area contributed by atoms with Crippen LogP contribution in [0, 0.1) is 0 Å². The first-order valence-corrected chi connectivity index (χ1v) is 6.36.